The summed E-state index contributed by atoms with van der Waals surface area (Å²) in [7, 11) is 0. The molecule has 2 rings (SSSR count). The predicted molar refractivity (Wildman–Crippen MR) is 87.6 cm³/mol. The van der Waals surface area contributed by atoms with E-state index in [-0.39, 0.29) is 11.9 Å². The zero-order chi connectivity index (χ0) is 16.1. The first kappa shape index (κ1) is 16.1. The monoisotopic (exact) mass is 297 g/mol. The third-order valence-corrected chi connectivity index (χ3v) is 3.63. The summed E-state index contributed by atoms with van der Waals surface area (Å²) >= 11 is 0. The van der Waals surface area contributed by atoms with Crippen LogP contribution in [0.5, 0.6) is 0 Å². The Morgan fingerprint density at radius 3 is 2.32 bits per heavy atom. The molecule has 0 radical (unpaired) electrons. The predicted octanol–water partition coefficient (Wildman–Crippen LogP) is 3.33. The number of aryl methyl sites for hydroxylation is 1. The fourth-order valence-electron chi connectivity index (χ4n) is 2.20. The van der Waals surface area contributed by atoms with E-state index in [1.807, 2.05) is 26.0 Å². The SMILES string of the molecule is Cc1cnc([C@@H](C)NC(=O)Cc2ccc(C(C)C)cc2)cn1. The van der Waals surface area contributed by atoms with Gasteiger partial charge in [-0.15, -0.1) is 0 Å². The lowest BCUT2D eigenvalue weighted by atomic mass is 10.0. The van der Waals surface area contributed by atoms with Gasteiger partial charge in [0.1, 0.15) is 0 Å². The lowest BCUT2D eigenvalue weighted by Gasteiger charge is -2.13. The van der Waals surface area contributed by atoms with Gasteiger partial charge < -0.3 is 5.32 Å². The molecule has 4 heteroatoms. The first-order chi connectivity index (χ1) is 10.5. The second-order valence-corrected chi connectivity index (χ2v) is 5.94. The van der Waals surface area contributed by atoms with Crippen LogP contribution < -0.4 is 5.32 Å². The van der Waals surface area contributed by atoms with Gasteiger partial charge >= 0.3 is 0 Å². The Bertz CT molecular complexity index is 618. The van der Waals surface area contributed by atoms with E-state index < -0.39 is 0 Å². The first-order valence-corrected chi connectivity index (χ1v) is 7.62. The van der Waals surface area contributed by atoms with Crippen molar-refractivity contribution in [2.45, 2.75) is 46.1 Å². The summed E-state index contributed by atoms with van der Waals surface area (Å²) in [6.45, 7) is 8.12. The molecule has 0 saturated heterocycles. The van der Waals surface area contributed by atoms with Crippen molar-refractivity contribution in [3.8, 4) is 0 Å². The molecule has 0 spiro atoms. The number of aromatic nitrogens is 2. The summed E-state index contributed by atoms with van der Waals surface area (Å²) in [6, 6.07) is 8.07. The van der Waals surface area contributed by atoms with E-state index in [0.29, 0.717) is 12.3 Å². The molecule has 1 heterocycles. The molecule has 1 aromatic heterocycles. The summed E-state index contributed by atoms with van der Waals surface area (Å²) in [5.41, 5.74) is 3.94. The molecular formula is C18H23N3O. The molecule has 1 amide bonds. The number of hydrogen-bond donors (Lipinski definition) is 1. The highest BCUT2D eigenvalue weighted by atomic mass is 16.1. The minimum atomic E-state index is -0.143. The van der Waals surface area contributed by atoms with Gasteiger partial charge in [-0.1, -0.05) is 38.1 Å². The van der Waals surface area contributed by atoms with Crippen molar-refractivity contribution < 1.29 is 4.79 Å². The van der Waals surface area contributed by atoms with Crippen molar-refractivity contribution in [3.05, 3.63) is 59.2 Å². The zero-order valence-corrected chi connectivity index (χ0v) is 13.6. The quantitative estimate of drug-likeness (QED) is 0.921. The van der Waals surface area contributed by atoms with Crippen LogP contribution in [0.3, 0.4) is 0 Å². The third-order valence-electron chi connectivity index (χ3n) is 3.63. The second kappa shape index (κ2) is 7.16. The highest BCUT2D eigenvalue weighted by molar-refractivity contribution is 5.78. The molecule has 1 atom stereocenters. The molecule has 0 saturated carbocycles. The fraction of sp³-hybridized carbons (Fsp3) is 0.389. The largest absolute Gasteiger partial charge is 0.348 e. The van der Waals surface area contributed by atoms with Gasteiger partial charge in [-0.25, -0.2) is 0 Å². The van der Waals surface area contributed by atoms with E-state index in [2.05, 4.69) is 41.3 Å². The third kappa shape index (κ3) is 4.38. The molecule has 2 aromatic rings. The normalized spacial score (nSPS) is 12.2. The smallest absolute Gasteiger partial charge is 0.224 e. The Kier molecular flexibility index (Phi) is 5.26. The Balaban J connectivity index is 1.93. The lowest BCUT2D eigenvalue weighted by Crippen LogP contribution is -2.28. The summed E-state index contributed by atoms with van der Waals surface area (Å²) < 4.78 is 0. The summed E-state index contributed by atoms with van der Waals surface area (Å²) in [6.07, 6.45) is 3.79. The Morgan fingerprint density at radius 2 is 1.77 bits per heavy atom. The van der Waals surface area contributed by atoms with E-state index in [0.717, 1.165) is 17.0 Å². The number of benzene rings is 1. The summed E-state index contributed by atoms with van der Waals surface area (Å²) in [5.74, 6) is 0.496. The van der Waals surface area contributed by atoms with Crippen LogP contribution in [0.4, 0.5) is 0 Å². The molecule has 1 N–H and O–H groups in total. The molecule has 0 aliphatic heterocycles. The van der Waals surface area contributed by atoms with Crippen molar-refractivity contribution in [1.82, 2.24) is 15.3 Å². The van der Waals surface area contributed by atoms with Gasteiger partial charge in [0.05, 0.1) is 30.0 Å². The minimum absolute atomic E-state index is 0.00725. The van der Waals surface area contributed by atoms with Crippen molar-refractivity contribution in [2.24, 2.45) is 0 Å². The molecular weight excluding hydrogens is 274 g/mol. The average Bonchev–Trinajstić information content (AvgIpc) is 2.48. The molecule has 116 valence electrons. The van der Waals surface area contributed by atoms with Crippen LogP contribution in [0.25, 0.3) is 0 Å². The highest BCUT2D eigenvalue weighted by Gasteiger charge is 2.11. The molecule has 0 aliphatic carbocycles. The molecule has 0 aliphatic rings. The number of amides is 1. The first-order valence-electron chi connectivity index (χ1n) is 7.62. The van der Waals surface area contributed by atoms with Gasteiger partial charge in [-0.05, 0) is 30.9 Å². The van der Waals surface area contributed by atoms with E-state index in [1.54, 1.807) is 12.4 Å². The highest BCUT2D eigenvalue weighted by Crippen LogP contribution is 2.15. The number of nitrogens with one attached hydrogen (secondary N) is 1. The van der Waals surface area contributed by atoms with Crippen LogP contribution in [0, 0.1) is 6.92 Å². The maximum atomic E-state index is 12.1. The molecule has 0 fully saturated rings. The molecule has 0 bridgehead atoms. The van der Waals surface area contributed by atoms with E-state index in [1.165, 1.54) is 5.56 Å². The number of rotatable bonds is 5. The van der Waals surface area contributed by atoms with Gasteiger partial charge in [-0.3, -0.25) is 14.8 Å². The van der Waals surface area contributed by atoms with Crippen molar-refractivity contribution in [3.63, 3.8) is 0 Å². The van der Waals surface area contributed by atoms with Gasteiger partial charge in [0.25, 0.3) is 0 Å². The van der Waals surface area contributed by atoms with E-state index in [4.69, 9.17) is 0 Å². The van der Waals surface area contributed by atoms with E-state index in [9.17, 15) is 4.79 Å². The van der Waals surface area contributed by atoms with Crippen LogP contribution >= 0.6 is 0 Å². The molecule has 22 heavy (non-hydrogen) atoms. The summed E-state index contributed by atoms with van der Waals surface area (Å²) in [4.78, 5) is 20.6. The van der Waals surface area contributed by atoms with Crippen molar-refractivity contribution in [2.75, 3.05) is 0 Å². The van der Waals surface area contributed by atoms with Gasteiger partial charge in [0.2, 0.25) is 5.91 Å². The fourth-order valence-corrected chi connectivity index (χ4v) is 2.20. The maximum absolute atomic E-state index is 12.1. The topological polar surface area (TPSA) is 54.9 Å². The second-order valence-electron chi connectivity index (χ2n) is 5.94. The van der Waals surface area contributed by atoms with Crippen LogP contribution in [0.1, 0.15) is 55.2 Å². The van der Waals surface area contributed by atoms with E-state index >= 15 is 0 Å². The minimum Gasteiger partial charge on any atom is -0.348 e. The number of carbonyl (C=O) groups is 1. The van der Waals surface area contributed by atoms with Crippen LogP contribution in [-0.2, 0) is 11.2 Å². The Morgan fingerprint density at radius 1 is 1.09 bits per heavy atom. The number of nitrogens with zero attached hydrogens (tertiary/aromatic N) is 2. The molecule has 4 nitrogen and oxygen atoms in total. The summed E-state index contributed by atoms with van der Waals surface area (Å²) in [5, 5.41) is 2.96. The Labute approximate surface area is 132 Å². The Hall–Kier alpha value is -2.23. The molecule has 1 aromatic carbocycles. The number of carbonyl (C=O) groups excluding carboxylic acids is 1. The van der Waals surface area contributed by atoms with Gasteiger partial charge in [0.15, 0.2) is 0 Å². The van der Waals surface area contributed by atoms with Gasteiger partial charge in [0, 0.05) is 6.20 Å². The lowest BCUT2D eigenvalue weighted by molar-refractivity contribution is -0.121. The van der Waals surface area contributed by atoms with Crippen LogP contribution in [0.15, 0.2) is 36.7 Å². The van der Waals surface area contributed by atoms with Crippen molar-refractivity contribution in [1.29, 1.82) is 0 Å². The average molecular weight is 297 g/mol. The van der Waals surface area contributed by atoms with Crippen molar-refractivity contribution >= 4 is 5.91 Å². The molecule has 0 unspecified atom stereocenters. The zero-order valence-electron chi connectivity index (χ0n) is 13.6. The standard InChI is InChI=1S/C18H23N3O/c1-12(2)16-7-5-15(6-8-16)9-18(22)21-14(4)17-11-19-13(3)10-20-17/h5-8,10-12,14H,9H2,1-4H3,(H,21,22)/t14-/m1/s1. The van der Waals surface area contributed by atoms with Crippen LogP contribution in [-0.4, -0.2) is 15.9 Å². The van der Waals surface area contributed by atoms with Gasteiger partial charge in [-0.2, -0.15) is 0 Å². The number of hydrogen-bond acceptors (Lipinski definition) is 3. The maximum Gasteiger partial charge on any atom is 0.224 e. The van der Waals surface area contributed by atoms with Crippen LogP contribution in [0.2, 0.25) is 0 Å².